The molecule has 216 valence electrons. The Morgan fingerprint density at radius 2 is 1.81 bits per heavy atom. The number of hydrogen-bond acceptors (Lipinski definition) is 6. The van der Waals surface area contributed by atoms with Gasteiger partial charge in [-0.3, -0.25) is 19.3 Å². The highest BCUT2D eigenvalue weighted by Gasteiger charge is 2.38. The molecule has 2 saturated heterocycles. The van der Waals surface area contributed by atoms with E-state index in [1.54, 1.807) is 20.8 Å². The molecule has 5 N–H and O–H groups in total. The second kappa shape index (κ2) is 19.8. The third-order valence-electron chi connectivity index (χ3n) is 6.76. The predicted octanol–water partition coefficient (Wildman–Crippen LogP) is 3.40. The fraction of sp³-hybridized carbons (Fsp3) is 0.821. The van der Waals surface area contributed by atoms with Gasteiger partial charge in [-0.1, -0.05) is 61.3 Å². The van der Waals surface area contributed by atoms with E-state index in [0.29, 0.717) is 18.4 Å². The molecule has 2 fully saturated rings. The van der Waals surface area contributed by atoms with Gasteiger partial charge in [0.2, 0.25) is 17.7 Å². The highest BCUT2D eigenvalue weighted by molar-refractivity contribution is 5.83. The van der Waals surface area contributed by atoms with E-state index >= 15 is 0 Å². The lowest BCUT2D eigenvalue weighted by Gasteiger charge is -2.26. The van der Waals surface area contributed by atoms with Crippen LogP contribution in [-0.2, 0) is 19.2 Å². The Morgan fingerprint density at radius 3 is 2.22 bits per heavy atom. The molecule has 0 radical (unpaired) electrons. The molecule has 9 nitrogen and oxygen atoms in total. The molecule has 0 aliphatic carbocycles. The van der Waals surface area contributed by atoms with Gasteiger partial charge in [0.1, 0.15) is 6.29 Å². The van der Waals surface area contributed by atoms with Gasteiger partial charge in [-0.05, 0) is 57.8 Å². The summed E-state index contributed by atoms with van der Waals surface area (Å²) in [6.45, 7) is 18.7. The van der Waals surface area contributed by atoms with Crippen molar-refractivity contribution >= 4 is 30.7 Å². The van der Waals surface area contributed by atoms with Crippen molar-refractivity contribution in [2.75, 3.05) is 26.7 Å². The molecular formula is C28H55N5O4. The lowest BCUT2D eigenvalue weighted by atomic mass is 9.88. The van der Waals surface area contributed by atoms with Crippen LogP contribution in [0.15, 0.2) is 0 Å². The maximum Gasteiger partial charge on any atom is 0.237 e. The molecule has 3 unspecified atom stereocenters. The van der Waals surface area contributed by atoms with Crippen molar-refractivity contribution < 1.29 is 19.2 Å². The number of likely N-dealkylation sites (tertiary alicyclic amines) is 1. The SMILES string of the molecule is C=N.CC(C)(C)C(N)=O.CC(C)C1CCN(C)C1C(=O)NCC[C@H]1CCNC1=O.CCCCC(C)C=O. The van der Waals surface area contributed by atoms with Crippen LogP contribution in [0.25, 0.3) is 0 Å². The first-order chi connectivity index (χ1) is 17.3. The van der Waals surface area contributed by atoms with Crippen LogP contribution in [0.4, 0.5) is 0 Å². The van der Waals surface area contributed by atoms with Crippen LogP contribution >= 0.6 is 0 Å². The number of likely N-dealkylation sites (N-methyl/N-ethyl adjacent to an activating group) is 1. The Balaban J connectivity index is 0. The Morgan fingerprint density at radius 1 is 1.24 bits per heavy atom. The molecule has 0 bridgehead atoms. The smallest absolute Gasteiger partial charge is 0.237 e. The first kappa shape index (κ1) is 36.9. The molecule has 0 aromatic rings. The number of amides is 3. The van der Waals surface area contributed by atoms with Crippen LogP contribution in [0, 0.1) is 34.5 Å². The number of rotatable bonds is 9. The third-order valence-corrected chi connectivity index (χ3v) is 6.76. The molecule has 9 heteroatoms. The van der Waals surface area contributed by atoms with Crippen molar-refractivity contribution in [1.29, 1.82) is 5.41 Å². The van der Waals surface area contributed by atoms with E-state index in [-0.39, 0.29) is 41.0 Å². The van der Waals surface area contributed by atoms with E-state index in [4.69, 9.17) is 11.1 Å². The van der Waals surface area contributed by atoms with Crippen LogP contribution in [0.5, 0.6) is 0 Å². The molecule has 0 aromatic heterocycles. The molecule has 2 heterocycles. The molecule has 37 heavy (non-hydrogen) atoms. The highest BCUT2D eigenvalue weighted by atomic mass is 16.2. The van der Waals surface area contributed by atoms with Gasteiger partial charge in [-0.25, -0.2) is 0 Å². The predicted molar refractivity (Wildman–Crippen MR) is 151 cm³/mol. The van der Waals surface area contributed by atoms with E-state index in [0.717, 1.165) is 45.1 Å². The quantitative estimate of drug-likeness (QED) is 0.269. The first-order valence-electron chi connectivity index (χ1n) is 13.6. The molecule has 0 aromatic carbocycles. The van der Waals surface area contributed by atoms with Gasteiger partial charge < -0.3 is 26.6 Å². The number of unbranched alkanes of at least 4 members (excludes halogenated alkanes) is 1. The lowest BCUT2D eigenvalue weighted by Crippen LogP contribution is -2.46. The summed E-state index contributed by atoms with van der Waals surface area (Å²) in [6, 6.07) is -0.00703. The summed E-state index contributed by atoms with van der Waals surface area (Å²) in [6.07, 6.45) is 7.19. The van der Waals surface area contributed by atoms with Crippen LogP contribution in [-0.4, -0.2) is 68.3 Å². The van der Waals surface area contributed by atoms with Gasteiger partial charge in [0.25, 0.3) is 0 Å². The Bertz CT molecular complexity index is 678. The van der Waals surface area contributed by atoms with E-state index < -0.39 is 0 Å². The second-order valence-corrected chi connectivity index (χ2v) is 11.3. The number of nitrogens with zero attached hydrogens (tertiary/aromatic N) is 1. The van der Waals surface area contributed by atoms with E-state index in [1.165, 1.54) is 12.8 Å². The van der Waals surface area contributed by atoms with Gasteiger partial charge in [0.05, 0.1) is 6.04 Å². The summed E-state index contributed by atoms with van der Waals surface area (Å²) in [5.74, 6) is 1.32. The summed E-state index contributed by atoms with van der Waals surface area (Å²) >= 11 is 0. The molecular weight excluding hydrogens is 470 g/mol. The van der Waals surface area contributed by atoms with Gasteiger partial charge in [-0.15, -0.1) is 0 Å². The number of carbonyl (C=O) groups excluding carboxylic acids is 4. The van der Waals surface area contributed by atoms with Crippen LogP contribution < -0.4 is 16.4 Å². The molecule has 3 amide bonds. The summed E-state index contributed by atoms with van der Waals surface area (Å²) in [5.41, 5.74) is 4.57. The van der Waals surface area contributed by atoms with Crippen LogP contribution in [0.2, 0.25) is 0 Å². The molecule has 4 atom stereocenters. The fourth-order valence-electron chi connectivity index (χ4n) is 4.06. The standard InChI is InChI=1S/C15H27N3O2.C7H14O.C5H11NO.CH3N/c1-10(2)12-6-9-18(3)13(12)15(20)17-8-5-11-4-7-16-14(11)19;1-3-4-5-7(2)6-8;1-5(2,3)4(6)7;1-2/h10-13H,4-9H2,1-3H3,(H,16,19)(H,17,20);6-7H,3-5H2,1-2H3;1-3H3,(H2,6,7);2H,1H2/t11-,12?,13?;;;/m1.../s1. The monoisotopic (exact) mass is 525 g/mol. The minimum atomic E-state index is -0.361. The van der Waals surface area contributed by atoms with Crippen LogP contribution in [0.3, 0.4) is 0 Å². The lowest BCUT2D eigenvalue weighted by molar-refractivity contribution is -0.127. The molecule has 0 saturated carbocycles. The zero-order valence-electron chi connectivity index (χ0n) is 24.7. The van der Waals surface area contributed by atoms with Gasteiger partial charge in [0, 0.05) is 30.3 Å². The largest absolute Gasteiger partial charge is 0.369 e. The number of nitrogens with two attached hydrogens (primary N) is 1. The summed E-state index contributed by atoms with van der Waals surface area (Å²) in [7, 11) is 2.02. The van der Waals surface area contributed by atoms with Crippen molar-refractivity contribution in [3.63, 3.8) is 0 Å². The maximum atomic E-state index is 12.4. The van der Waals surface area contributed by atoms with Crippen molar-refractivity contribution in [3.05, 3.63) is 0 Å². The van der Waals surface area contributed by atoms with Gasteiger partial charge in [0.15, 0.2) is 0 Å². The van der Waals surface area contributed by atoms with E-state index in [2.05, 4.69) is 43.0 Å². The number of carbonyl (C=O) groups is 4. The van der Waals surface area contributed by atoms with E-state index in [1.807, 2.05) is 14.0 Å². The van der Waals surface area contributed by atoms with Crippen molar-refractivity contribution in [2.24, 2.45) is 34.8 Å². The Hall–Kier alpha value is -2.29. The van der Waals surface area contributed by atoms with Crippen molar-refractivity contribution in [2.45, 2.75) is 93.0 Å². The third kappa shape index (κ3) is 15.5. The van der Waals surface area contributed by atoms with Gasteiger partial charge in [-0.2, -0.15) is 0 Å². The average Bonchev–Trinajstić information content (AvgIpc) is 3.44. The van der Waals surface area contributed by atoms with E-state index in [9.17, 15) is 19.2 Å². The number of nitrogens with one attached hydrogen (secondary N) is 3. The molecule has 2 aliphatic heterocycles. The minimum absolute atomic E-state index is 0.00703. The zero-order chi connectivity index (χ0) is 29.2. The Kier molecular flexibility index (Phi) is 19.7. The maximum absolute atomic E-state index is 12.4. The fourth-order valence-corrected chi connectivity index (χ4v) is 4.06. The average molecular weight is 526 g/mol. The van der Waals surface area contributed by atoms with Crippen molar-refractivity contribution in [3.8, 4) is 0 Å². The van der Waals surface area contributed by atoms with Crippen molar-refractivity contribution in [1.82, 2.24) is 15.5 Å². The normalized spacial score (nSPS) is 21.8. The van der Waals surface area contributed by atoms with Gasteiger partial charge >= 0.3 is 0 Å². The minimum Gasteiger partial charge on any atom is -0.369 e. The number of hydrogen-bond donors (Lipinski definition) is 4. The summed E-state index contributed by atoms with van der Waals surface area (Å²) in [5, 5.41) is 11.4. The molecule has 0 spiro atoms. The highest BCUT2D eigenvalue weighted by Crippen LogP contribution is 2.29. The number of aldehydes is 1. The zero-order valence-corrected chi connectivity index (χ0v) is 24.7. The molecule has 2 aliphatic rings. The second-order valence-electron chi connectivity index (χ2n) is 11.3. The topological polar surface area (TPSA) is 145 Å². The molecule has 2 rings (SSSR count). The Labute approximate surface area is 225 Å². The summed E-state index contributed by atoms with van der Waals surface area (Å²) < 4.78 is 0. The first-order valence-corrected chi connectivity index (χ1v) is 13.6. The van der Waals surface area contributed by atoms with Crippen LogP contribution in [0.1, 0.15) is 87.0 Å². The number of primary amides is 1. The summed E-state index contributed by atoms with van der Waals surface area (Å²) in [4.78, 5) is 46.2.